The summed E-state index contributed by atoms with van der Waals surface area (Å²) in [6.45, 7) is 4.89. The summed E-state index contributed by atoms with van der Waals surface area (Å²) in [5.74, 6) is 2.15. The van der Waals surface area contributed by atoms with E-state index >= 15 is 0 Å². The molecule has 0 spiro atoms. The van der Waals surface area contributed by atoms with Gasteiger partial charge in [-0.2, -0.15) is 0 Å². The van der Waals surface area contributed by atoms with Gasteiger partial charge in [-0.3, -0.25) is 4.79 Å². The van der Waals surface area contributed by atoms with E-state index in [0.717, 1.165) is 39.8 Å². The van der Waals surface area contributed by atoms with Crippen molar-refractivity contribution in [2.45, 2.75) is 32.9 Å². The normalized spacial score (nSPS) is 14.9. The van der Waals surface area contributed by atoms with Gasteiger partial charge in [0.2, 0.25) is 0 Å². The average Bonchev–Trinajstić information content (AvgIpc) is 3.09. The van der Waals surface area contributed by atoms with Crippen LogP contribution in [0.15, 0.2) is 54.6 Å². The monoisotopic (exact) mass is 391 g/mol. The number of amides is 1. The third kappa shape index (κ3) is 4.45. The van der Waals surface area contributed by atoms with Crippen molar-refractivity contribution in [3.05, 3.63) is 65.7 Å². The first-order valence-electron chi connectivity index (χ1n) is 9.96. The molecular formula is C24H25NO4. The Labute approximate surface area is 170 Å². The maximum Gasteiger partial charge on any atom is 0.258 e. The Balaban J connectivity index is 1.37. The number of benzene rings is 3. The molecular weight excluding hydrogens is 366 g/mol. The largest absolute Gasteiger partial charge is 0.494 e. The summed E-state index contributed by atoms with van der Waals surface area (Å²) in [6, 6.07) is 17.8. The highest BCUT2D eigenvalue weighted by Crippen LogP contribution is 2.35. The lowest BCUT2D eigenvalue weighted by Crippen LogP contribution is -2.28. The topological polar surface area (TPSA) is 56.8 Å². The number of hydrogen-bond acceptors (Lipinski definition) is 4. The van der Waals surface area contributed by atoms with Crippen LogP contribution in [0.5, 0.6) is 17.2 Å². The molecule has 3 aromatic rings. The summed E-state index contributed by atoms with van der Waals surface area (Å²) in [6.07, 6.45) is 1.04. The minimum atomic E-state index is -0.185. The van der Waals surface area contributed by atoms with Gasteiger partial charge in [0.1, 0.15) is 23.4 Å². The van der Waals surface area contributed by atoms with Gasteiger partial charge in [-0.05, 0) is 48.9 Å². The van der Waals surface area contributed by atoms with Crippen LogP contribution in [-0.2, 0) is 17.8 Å². The van der Waals surface area contributed by atoms with Gasteiger partial charge in [0.15, 0.2) is 6.61 Å². The minimum Gasteiger partial charge on any atom is -0.494 e. The highest BCUT2D eigenvalue weighted by Gasteiger charge is 2.22. The molecule has 0 aromatic heterocycles. The SMILES string of the molecule is CCOc1cc2c(cc1CNC(=O)COc1ccc3ccccc3c1)O[C@H](C)C2. The lowest BCUT2D eigenvalue weighted by Gasteiger charge is -2.14. The lowest BCUT2D eigenvalue weighted by atomic mass is 10.1. The molecule has 0 aliphatic carbocycles. The van der Waals surface area contributed by atoms with Crippen LogP contribution in [0.2, 0.25) is 0 Å². The highest BCUT2D eigenvalue weighted by molar-refractivity contribution is 5.84. The zero-order valence-electron chi connectivity index (χ0n) is 16.7. The van der Waals surface area contributed by atoms with Crippen LogP contribution >= 0.6 is 0 Å². The number of hydrogen-bond donors (Lipinski definition) is 1. The molecule has 0 fully saturated rings. The van der Waals surface area contributed by atoms with E-state index in [1.165, 1.54) is 0 Å². The van der Waals surface area contributed by atoms with Crippen molar-refractivity contribution in [3.8, 4) is 17.2 Å². The average molecular weight is 391 g/mol. The number of fused-ring (bicyclic) bond motifs is 2. The Morgan fingerprint density at radius 2 is 1.93 bits per heavy atom. The van der Waals surface area contributed by atoms with Crippen LogP contribution in [0.4, 0.5) is 0 Å². The van der Waals surface area contributed by atoms with E-state index in [0.29, 0.717) is 18.9 Å². The third-order valence-electron chi connectivity index (χ3n) is 4.95. The van der Waals surface area contributed by atoms with Gasteiger partial charge in [0, 0.05) is 24.1 Å². The van der Waals surface area contributed by atoms with Gasteiger partial charge in [-0.15, -0.1) is 0 Å². The van der Waals surface area contributed by atoms with Gasteiger partial charge in [-0.25, -0.2) is 0 Å². The van der Waals surface area contributed by atoms with Crippen molar-refractivity contribution in [1.82, 2.24) is 5.32 Å². The van der Waals surface area contributed by atoms with Crippen molar-refractivity contribution >= 4 is 16.7 Å². The predicted molar refractivity (Wildman–Crippen MR) is 113 cm³/mol. The molecule has 0 bridgehead atoms. The number of ether oxygens (including phenoxy) is 3. The van der Waals surface area contributed by atoms with Gasteiger partial charge in [-0.1, -0.05) is 30.3 Å². The van der Waals surface area contributed by atoms with Crippen LogP contribution in [-0.4, -0.2) is 25.2 Å². The van der Waals surface area contributed by atoms with Crippen molar-refractivity contribution in [3.63, 3.8) is 0 Å². The summed E-state index contributed by atoms with van der Waals surface area (Å²) >= 11 is 0. The van der Waals surface area contributed by atoms with E-state index in [1.54, 1.807) is 0 Å². The molecule has 1 atom stereocenters. The Morgan fingerprint density at radius 3 is 2.76 bits per heavy atom. The number of rotatable bonds is 7. The second-order valence-corrected chi connectivity index (χ2v) is 7.21. The summed E-state index contributed by atoms with van der Waals surface area (Å²) in [4.78, 5) is 12.3. The first-order chi connectivity index (χ1) is 14.1. The van der Waals surface area contributed by atoms with Crippen molar-refractivity contribution in [2.24, 2.45) is 0 Å². The molecule has 150 valence electrons. The molecule has 0 saturated carbocycles. The molecule has 1 amide bonds. The van der Waals surface area contributed by atoms with Crippen LogP contribution in [0.1, 0.15) is 25.0 Å². The quantitative estimate of drug-likeness (QED) is 0.654. The standard InChI is InChI=1S/C24H25NO4/c1-3-27-22-12-19-10-16(2)29-23(19)13-20(22)14-25-24(26)15-28-21-9-8-17-6-4-5-7-18(17)11-21/h4-9,11-13,16H,3,10,14-15H2,1-2H3,(H,25,26)/t16-/m1/s1. The van der Waals surface area contributed by atoms with Crippen LogP contribution < -0.4 is 19.5 Å². The third-order valence-corrected chi connectivity index (χ3v) is 4.95. The number of carbonyl (C=O) groups is 1. The van der Waals surface area contributed by atoms with E-state index in [4.69, 9.17) is 14.2 Å². The van der Waals surface area contributed by atoms with Gasteiger partial charge in [0.05, 0.1) is 6.61 Å². The minimum absolute atomic E-state index is 0.0409. The van der Waals surface area contributed by atoms with Crippen molar-refractivity contribution < 1.29 is 19.0 Å². The molecule has 29 heavy (non-hydrogen) atoms. The Hall–Kier alpha value is -3.21. The molecule has 5 heteroatoms. The van der Waals surface area contributed by atoms with Crippen LogP contribution in [0.25, 0.3) is 10.8 Å². The van der Waals surface area contributed by atoms with Crippen molar-refractivity contribution in [1.29, 1.82) is 0 Å². The second-order valence-electron chi connectivity index (χ2n) is 7.21. The molecule has 3 aromatic carbocycles. The Bertz CT molecular complexity index is 1030. The van der Waals surface area contributed by atoms with E-state index in [-0.39, 0.29) is 18.6 Å². The summed E-state index contributed by atoms with van der Waals surface area (Å²) in [7, 11) is 0. The van der Waals surface area contributed by atoms with E-state index in [2.05, 4.69) is 5.32 Å². The first-order valence-corrected chi connectivity index (χ1v) is 9.96. The fraction of sp³-hybridized carbons (Fsp3) is 0.292. The molecule has 1 aliphatic rings. The summed E-state index contributed by atoms with van der Waals surface area (Å²) < 4.78 is 17.3. The van der Waals surface area contributed by atoms with Gasteiger partial charge < -0.3 is 19.5 Å². The number of carbonyl (C=O) groups excluding carboxylic acids is 1. The lowest BCUT2D eigenvalue weighted by molar-refractivity contribution is -0.123. The fourth-order valence-corrected chi connectivity index (χ4v) is 3.56. The number of nitrogens with one attached hydrogen (secondary N) is 1. The van der Waals surface area contributed by atoms with E-state index < -0.39 is 0 Å². The van der Waals surface area contributed by atoms with Crippen LogP contribution in [0.3, 0.4) is 0 Å². The molecule has 0 unspecified atom stereocenters. The molecule has 1 heterocycles. The van der Waals surface area contributed by atoms with E-state index in [1.807, 2.05) is 68.4 Å². The predicted octanol–water partition coefficient (Wildman–Crippen LogP) is 4.26. The Kier molecular flexibility index (Phi) is 5.56. The first kappa shape index (κ1) is 19.1. The molecule has 5 nitrogen and oxygen atoms in total. The fourth-order valence-electron chi connectivity index (χ4n) is 3.56. The zero-order chi connectivity index (χ0) is 20.2. The summed E-state index contributed by atoms with van der Waals surface area (Å²) in [5.41, 5.74) is 2.05. The molecule has 1 aliphatic heterocycles. The highest BCUT2D eigenvalue weighted by atomic mass is 16.5. The van der Waals surface area contributed by atoms with Crippen molar-refractivity contribution in [2.75, 3.05) is 13.2 Å². The Morgan fingerprint density at radius 1 is 1.10 bits per heavy atom. The molecule has 1 N–H and O–H groups in total. The zero-order valence-corrected chi connectivity index (χ0v) is 16.7. The summed E-state index contributed by atoms with van der Waals surface area (Å²) in [5, 5.41) is 5.13. The van der Waals surface area contributed by atoms with Gasteiger partial charge in [0.25, 0.3) is 5.91 Å². The smallest absolute Gasteiger partial charge is 0.258 e. The molecule has 4 rings (SSSR count). The maximum absolute atomic E-state index is 12.3. The molecule has 0 radical (unpaired) electrons. The van der Waals surface area contributed by atoms with E-state index in [9.17, 15) is 4.79 Å². The van der Waals surface area contributed by atoms with Gasteiger partial charge >= 0.3 is 0 Å². The van der Waals surface area contributed by atoms with Crippen LogP contribution in [0, 0.1) is 0 Å². The maximum atomic E-state index is 12.3. The molecule has 0 saturated heterocycles. The second kappa shape index (κ2) is 8.43.